The third-order valence-electron chi connectivity index (χ3n) is 1.74. The third-order valence-corrected chi connectivity index (χ3v) is 2.61. The van der Waals surface area contributed by atoms with Crippen molar-refractivity contribution in [3.05, 3.63) is 29.6 Å². The third kappa shape index (κ3) is 3.87. The molecule has 1 heterocycles. The van der Waals surface area contributed by atoms with Gasteiger partial charge in [0.15, 0.2) is 0 Å². The van der Waals surface area contributed by atoms with Gasteiger partial charge in [-0.25, -0.2) is 9.78 Å². The molecule has 4 heteroatoms. The van der Waals surface area contributed by atoms with E-state index in [0.717, 1.165) is 5.56 Å². The summed E-state index contributed by atoms with van der Waals surface area (Å²) in [5, 5.41) is 0. The summed E-state index contributed by atoms with van der Waals surface area (Å²) >= 11 is 0. The molecule has 0 radical (unpaired) electrons. The maximum Gasteiger partial charge on any atom is 0.356 e. The standard InChI is InChI=1S/C12H15NO2Si/c1-15-12(14)11-6-5-10(9-13-11)7-8-16(2,3)4/h5-6,9H,1-4H3. The van der Waals surface area contributed by atoms with Crippen LogP contribution in [0.4, 0.5) is 0 Å². The summed E-state index contributed by atoms with van der Waals surface area (Å²) in [6, 6.07) is 3.41. The number of carbonyl (C=O) groups is 1. The van der Waals surface area contributed by atoms with Gasteiger partial charge >= 0.3 is 5.97 Å². The molecule has 16 heavy (non-hydrogen) atoms. The van der Waals surface area contributed by atoms with E-state index in [0.29, 0.717) is 5.69 Å². The number of hydrogen-bond acceptors (Lipinski definition) is 3. The van der Waals surface area contributed by atoms with Crippen LogP contribution in [0.15, 0.2) is 18.3 Å². The van der Waals surface area contributed by atoms with Gasteiger partial charge in [-0.15, -0.1) is 5.54 Å². The van der Waals surface area contributed by atoms with Gasteiger partial charge in [-0.2, -0.15) is 0 Å². The van der Waals surface area contributed by atoms with Crippen LogP contribution < -0.4 is 0 Å². The Morgan fingerprint density at radius 1 is 1.38 bits per heavy atom. The van der Waals surface area contributed by atoms with E-state index in [1.807, 2.05) is 0 Å². The lowest BCUT2D eigenvalue weighted by Crippen LogP contribution is -2.16. The molecule has 84 valence electrons. The van der Waals surface area contributed by atoms with Crippen molar-refractivity contribution in [1.29, 1.82) is 0 Å². The fraction of sp³-hybridized carbons (Fsp3) is 0.333. The molecule has 0 fully saturated rings. The van der Waals surface area contributed by atoms with Crippen LogP contribution in [-0.4, -0.2) is 26.1 Å². The Hall–Kier alpha value is -1.60. The fourth-order valence-electron chi connectivity index (χ4n) is 0.953. The summed E-state index contributed by atoms with van der Waals surface area (Å²) in [6.45, 7) is 6.53. The van der Waals surface area contributed by atoms with Gasteiger partial charge in [0, 0.05) is 11.8 Å². The Morgan fingerprint density at radius 2 is 2.06 bits per heavy atom. The van der Waals surface area contributed by atoms with Crippen molar-refractivity contribution in [2.75, 3.05) is 7.11 Å². The molecule has 1 aromatic rings. The maximum atomic E-state index is 11.1. The van der Waals surface area contributed by atoms with Gasteiger partial charge in [0.1, 0.15) is 13.8 Å². The van der Waals surface area contributed by atoms with Crippen LogP contribution in [0.25, 0.3) is 0 Å². The van der Waals surface area contributed by atoms with E-state index in [4.69, 9.17) is 0 Å². The molecule has 0 N–H and O–H groups in total. The second kappa shape index (κ2) is 4.95. The van der Waals surface area contributed by atoms with Crippen LogP contribution >= 0.6 is 0 Å². The normalized spacial score (nSPS) is 10.2. The monoisotopic (exact) mass is 233 g/mol. The molecule has 0 aliphatic rings. The summed E-state index contributed by atoms with van der Waals surface area (Å²) < 4.78 is 4.56. The van der Waals surface area contributed by atoms with Gasteiger partial charge in [-0.05, 0) is 12.1 Å². The SMILES string of the molecule is COC(=O)c1ccc(C#C[Si](C)(C)C)cn1. The van der Waals surface area contributed by atoms with Crippen molar-refractivity contribution in [3.63, 3.8) is 0 Å². The highest BCUT2D eigenvalue weighted by Crippen LogP contribution is 2.02. The summed E-state index contributed by atoms with van der Waals surface area (Å²) in [5.41, 5.74) is 4.37. The number of pyridine rings is 1. The zero-order chi connectivity index (χ0) is 12.2. The molecular weight excluding hydrogens is 218 g/mol. The highest BCUT2D eigenvalue weighted by Gasteiger charge is 2.08. The van der Waals surface area contributed by atoms with Crippen LogP contribution in [0.5, 0.6) is 0 Å². The van der Waals surface area contributed by atoms with Crippen molar-refractivity contribution in [3.8, 4) is 11.5 Å². The molecule has 0 saturated carbocycles. The van der Waals surface area contributed by atoms with Crippen LogP contribution in [0, 0.1) is 11.5 Å². The largest absolute Gasteiger partial charge is 0.464 e. The minimum atomic E-state index is -1.36. The first kappa shape index (κ1) is 12.5. The quantitative estimate of drug-likeness (QED) is 0.423. The Morgan fingerprint density at radius 3 is 2.50 bits per heavy atom. The molecule has 0 amide bonds. The first-order chi connectivity index (χ1) is 7.42. The molecule has 0 aliphatic heterocycles. The highest BCUT2D eigenvalue weighted by molar-refractivity contribution is 6.83. The number of carbonyl (C=O) groups excluding carboxylic acids is 1. The van der Waals surface area contributed by atoms with E-state index in [2.05, 4.69) is 40.8 Å². The predicted molar refractivity (Wildman–Crippen MR) is 65.8 cm³/mol. The number of rotatable bonds is 1. The summed E-state index contributed by atoms with van der Waals surface area (Å²) in [4.78, 5) is 15.1. The van der Waals surface area contributed by atoms with Crippen LogP contribution in [0.3, 0.4) is 0 Å². The molecule has 0 bridgehead atoms. The first-order valence-corrected chi connectivity index (χ1v) is 8.50. The van der Waals surface area contributed by atoms with Gasteiger partial charge in [0.25, 0.3) is 0 Å². The Bertz CT molecular complexity index is 435. The van der Waals surface area contributed by atoms with Crippen molar-refractivity contribution in [2.45, 2.75) is 19.6 Å². The van der Waals surface area contributed by atoms with Gasteiger partial charge in [0.05, 0.1) is 7.11 Å². The molecule has 1 rings (SSSR count). The van der Waals surface area contributed by atoms with Crippen molar-refractivity contribution >= 4 is 14.0 Å². The van der Waals surface area contributed by atoms with Crippen molar-refractivity contribution < 1.29 is 9.53 Å². The lowest BCUT2D eigenvalue weighted by Gasteiger charge is -2.03. The van der Waals surface area contributed by atoms with Crippen LogP contribution in [0.2, 0.25) is 19.6 Å². The molecule has 1 aromatic heterocycles. The van der Waals surface area contributed by atoms with Crippen molar-refractivity contribution in [2.24, 2.45) is 0 Å². The molecule has 0 unspecified atom stereocenters. The van der Waals surface area contributed by atoms with E-state index >= 15 is 0 Å². The first-order valence-electron chi connectivity index (χ1n) is 5.00. The molecule has 0 aromatic carbocycles. The number of ether oxygens (including phenoxy) is 1. The van der Waals surface area contributed by atoms with Gasteiger partial charge in [0.2, 0.25) is 0 Å². The smallest absolute Gasteiger partial charge is 0.356 e. The van der Waals surface area contributed by atoms with Gasteiger partial charge in [-0.1, -0.05) is 25.6 Å². The van der Waals surface area contributed by atoms with Gasteiger partial charge in [-0.3, -0.25) is 0 Å². The second-order valence-corrected chi connectivity index (χ2v) is 9.17. The van der Waals surface area contributed by atoms with E-state index in [1.54, 1.807) is 18.3 Å². The molecule has 0 spiro atoms. The van der Waals surface area contributed by atoms with Gasteiger partial charge < -0.3 is 4.74 Å². The van der Waals surface area contributed by atoms with Crippen LogP contribution in [0.1, 0.15) is 16.1 Å². The zero-order valence-corrected chi connectivity index (χ0v) is 11.0. The van der Waals surface area contributed by atoms with E-state index in [9.17, 15) is 4.79 Å². The minimum Gasteiger partial charge on any atom is -0.464 e. The second-order valence-electron chi connectivity index (χ2n) is 4.42. The molecule has 0 atom stereocenters. The Labute approximate surface area is 96.9 Å². The zero-order valence-electron chi connectivity index (χ0n) is 10.00. The molecule has 3 nitrogen and oxygen atoms in total. The average molecular weight is 233 g/mol. The lowest BCUT2D eigenvalue weighted by atomic mass is 10.2. The highest BCUT2D eigenvalue weighted by atomic mass is 28.3. The fourth-order valence-corrected chi connectivity index (χ4v) is 1.47. The summed E-state index contributed by atoms with van der Waals surface area (Å²) in [7, 11) is -0.0266. The summed E-state index contributed by atoms with van der Waals surface area (Å²) in [5.74, 6) is 2.64. The Balaban J connectivity index is 2.87. The predicted octanol–water partition coefficient (Wildman–Crippen LogP) is 2.10. The number of hydrogen-bond donors (Lipinski definition) is 0. The maximum absolute atomic E-state index is 11.1. The average Bonchev–Trinajstić information content (AvgIpc) is 2.25. The lowest BCUT2D eigenvalue weighted by molar-refractivity contribution is 0.0594. The van der Waals surface area contributed by atoms with Crippen molar-refractivity contribution in [1.82, 2.24) is 4.98 Å². The van der Waals surface area contributed by atoms with Crippen LogP contribution in [-0.2, 0) is 4.74 Å². The molecule has 0 saturated heterocycles. The number of esters is 1. The number of nitrogens with zero attached hydrogens (tertiary/aromatic N) is 1. The molecule has 0 aliphatic carbocycles. The summed E-state index contributed by atoms with van der Waals surface area (Å²) in [6.07, 6.45) is 1.60. The van der Waals surface area contributed by atoms with E-state index < -0.39 is 14.0 Å². The number of methoxy groups -OCH3 is 1. The molecular formula is C12H15NO2Si. The van der Waals surface area contributed by atoms with E-state index in [-0.39, 0.29) is 0 Å². The Kier molecular flexibility index (Phi) is 3.86. The minimum absolute atomic E-state index is 0.307. The number of aromatic nitrogens is 1. The van der Waals surface area contributed by atoms with E-state index in [1.165, 1.54) is 7.11 Å². The topological polar surface area (TPSA) is 39.2 Å².